The van der Waals surface area contributed by atoms with Crippen molar-refractivity contribution >= 4 is 5.91 Å². The van der Waals surface area contributed by atoms with Crippen molar-refractivity contribution in [3.05, 3.63) is 18.2 Å². The number of piperidine rings is 2. The number of carbonyl (C=O) groups is 1. The lowest BCUT2D eigenvalue weighted by Crippen LogP contribution is -2.64. The van der Waals surface area contributed by atoms with Crippen LogP contribution in [0.4, 0.5) is 0 Å². The highest BCUT2D eigenvalue weighted by Gasteiger charge is 2.50. The van der Waals surface area contributed by atoms with Crippen LogP contribution in [0.3, 0.4) is 0 Å². The zero-order valence-corrected chi connectivity index (χ0v) is 15.3. The number of aryl methyl sites for hydroxylation is 1. The summed E-state index contributed by atoms with van der Waals surface area (Å²) in [6.45, 7) is 9.26. The largest absolute Gasteiger partial charge is 0.391 e. The van der Waals surface area contributed by atoms with Crippen molar-refractivity contribution in [2.45, 2.75) is 58.2 Å². The first-order valence-corrected chi connectivity index (χ1v) is 8.87. The fourth-order valence-electron chi connectivity index (χ4n) is 4.27. The number of aromatic nitrogens is 2. The third-order valence-electron chi connectivity index (χ3n) is 6.23. The minimum atomic E-state index is -0.469. The second kappa shape index (κ2) is 6.15. The molecule has 0 aliphatic carbocycles. The van der Waals surface area contributed by atoms with Gasteiger partial charge < -0.3 is 14.6 Å². The van der Waals surface area contributed by atoms with Gasteiger partial charge in [-0.3, -0.25) is 9.69 Å². The molecule has 0 bridgehead atoms. The Kier molecular flexibility index (Phi) is 4.47. The normalized spacial score (nSPS) is 26.7. The molecule has 2 aliphatic rings. The topological polar surface area (TPSA) is 61.6 Å². The third kappa shape index (κ3) is 3.09. The molecule has 6 heteroatoms. The molecule has 1 N–H and O–H groups in total. The minimum Gasteiger partial charge on any atom is -0.391 e. The predicted molar refractivity (Wildman–Crippen MR) is 92.2 cm³/mol. The van der Waals surface area contributed by atoms with Gasteiger partial charge in [-0.05, 0) is 51.6 Å². The molecule has 1 unspecified atom stereocenters. The maximum atomic E-state index is 12.1. The highest BCUT2D eigenvalue weighted by Crippen LogP contribution is 2.45. The molecule has 2 fully saturated rings. The van der Waals surface area contributed by atoms with E-state index in [1.807, 2.05) is 38.3 Å². The number of aliphatic hydroxyl groups excluding tert-OH is 1. The predicted octanol–water partition coefficient (Wildman–Crippen LogP) is 1.39. The molecule has 1 aromatic heterocycles. The average molecular weight is 334 g/mol. The van der Waals surface area contributed by atoms with E-state index in [9.17, 15) is 9.90 Å². The van der Waals surface area contributed by atoms with Crippen LogP contribution in [0, 0.1) is 5.41 Å². The van der Waals surface area contributed by atoms with Crippen LogP contribution in [0.1, 0.15) is 45.7 Å². The van der Waals surface area contributed by atoms with E-state index in [4.69, 9.17) is 0 Å². The summed E-state index contributed by atoms with van der Waals surface area (Å²) in [7, 11) is 2.03. The van der Waals surface area contributed by atoms with Gasteiger partial charge in [0.2, 0.25) is 5.91 Å². The quantitative estimate of drug-likeness (QED) is 0.888. The molecule has 134 valence electrons. The van der Waals surface area contributed by atoms with Gasteiger partial charge in [0.25, 0.3) is 0 Å². The first-order chi connectivity index (χ1) is 11.2. The molecule has 0 saturated carbocycles. The molecule has 2 aliphatic heterocycles. The van der Waals surface area contributed by atoms with Gasteiger partial charge in [-0.1, -0.05) is 0 Å². The van der Waals surface area contributed by atoms with Crippen molar-refractivity contribution in [2.24, 2.45) is 12.5 Å². The van der Waals surface area contributed by atoms with Crippen molar-refractivity contribution in [1.29, 1.82) is 0 Å². The van der Waals surface area contributed by atoms with Gasteiger partial charge in [0.15, 0.2) is 0 Å². The number of likely N-dealkylation sites (tertiary alicyclic amines) is 2. The molecule has 1 spiro atoms. The summed E-state index contributed by atoms with van der Waals surface area (Å²) in [4.78, 5) is 20.6. The van der Waals surface area contributed by atoms with Crippen LogP contribution < -0.4 is 0 Å². The molecular formula is C18H30N4O2. The van der Waals surface area contributed by atoms with Crippen LogP contribution in [-0.2, 0) is 18.4 Å². The second-order valence-electron chi connectivity index (χ2n) is 8.25. The van der Waals surface area contributed by atoms with Gasteiger partial charge in [-0.2, -0.15) is 0 Å². The Balaban J connectivity index is 1.66. The van der Waals surface area contributed by atoms with Gasteiger partial charge in [0.1, 0.15) is 0 Å². The van der Waals surface area contributed by atoms with Gasteiger partial charge >= 0.3 is 0 Å². The minimum absolute atomic E-state index is 0.0591. The second-order valence-corrected chi connectivity index (χ2v) is 8.25. The molecule has 0 aromatic carbocycles. The number of imidazole rings is 1. The Morgan fingerprint density at radius 3 is 2.58 bits per heavy atom. The zero-order chi connectivity index (χ0) is 17.5. The Morgan fingerprint density at radius 2 is 2.04 bits per heavy atom. The van der Waals surface area contributed by atoms with E-state index in [2.05, 4.69) is 14.5 Å². The molecule has 3 heterocycles. The zero-order valence-electron chi connectivity index (χ0n) is 15.3. The highest BCUT2D eigenvalue weighted by molar-refractivity contribution is 5.74. The van der Waals surface area contributed by atoms with Crippen molar-refractivity contribution in [1.82, 2.24) is 19.4 Å². The summed E-state index contributed by atoms with van der Waals surface area (Å²) < 4.78 is 2.06. The molecule has 1 atom stereocenters. The Bertz CT molecular complexity index is 602. The summed E-state index contributed by atoms with van der Waals surface area (Å²) in [5, 5.41) is 10.7. The monoisotopic (exact) mass is 334 g/mol. The van der Waals surface area contributed by atoms with Gasteiger partial charge in [0.05, 0.1) is 23.7 Å². The van der Waals surface area contributed by atoms with Crippen LogP contribution in [0.5, 0.6) is 0 Å². The maximum Gasteiger partial charge on any atom is 0.219 e. The highest BCUT2D eigenvalue weighted by atomic mass is 16.3. The van der Waals surface area contributed by atoms with E-state index >= 15 is 0 Å². The lowest BCUT2D eigenvalue weighted by molar-refractivity contribution is -0.157. The lowest BCUT2D eigenvalue weighted by atomic mass is 9.67. The average Bonchev–Trinajstić information content (AvgIpc) is 2.91. The SMILES string of the molecule is CC(=O)N1CC2(CCN(Cc3cncn3C)CC2)CC(O)C1(C)C. The van der Waals surface area contributed by atoms with E-state index in [-0.39, 0.29) is 11.3 Å². The van der Waals surface area contributed by atoms with Crippen molar-refractivity contribution in [3.63, 3.8) is 0 Å². The number of aliphatic hydroxyl groups is 1. The number of hydrogen-bond donors (Lipinski definition) is 1. The summed E-state index contributed by atoms with van der Waals surface area (Å²) >= 11 is 0. The van der Waals surface area contributed by atoms with E-state index in [1.165, 1.54) is 5.69 Å². The summed E-state index contributed by atoms with van der Waals surface area (Å²) in [5.41, 5.74) is 0.813. The van der Waals surface area contributed by atoms with Crippen molar-refractivity contribution in [2.75, 3.05) is 19.6 Å². The smallest absolute Gasteiger partial charge is 0.219 e. The number of amides is 1. The number of rotatable bonds is 2. The molecule has 1 aromatic rings. The fourth-order valence-corrected chi connectivity index (χ4v) is 4.27. The van der Waals surface area contributed by atoms with Crippen LogP contribution in [0.25, 0.3) is 0 Å². The summed E-state index contributed by atoms with van der Waals surface area (Å²) in [6, 6.07) is 0. The first kappa shape index (κ1) is 17.4. The number of hydrogen-bond acceptors (Lipinski definition) is 4. The Morgan fingerprint density at radius 1 is 1.38 bits per heavy atom. The van der Waals surface area contributed by atoms with Crippen LogP contribution in [0.15, 0.2) is 12.5 Å². The Hall–Kier alpha value is -1.40. The van der Waals surface area contributed by atoms with Crippen LogP contribution >= 0.6 is 0 Å². The molecular weight excluding hydrogens is 304 g/mol. The van der Waals surface area contributed by atoms with E-state index in [0.717, 1.165) is 45.4 Å². The Labute approximate surface area is 144 Å². The molecule has 3 rings (SSSR count). The standard InChI is InChI=1S/C18H30N4O2/c1-14(23)22-12-18(9-16(24)17(22,2)3)5-7-21(8-6-18)11-15-10-19-13-20(15)4/h10,13,16,24H,5-9,11-12H2,1-4H3. The molecule has 6 nitrogen and oxygen atoms in total. The molecule has 24 heavy (non-hydrogen) atoms. The van der Waals surface area contributed by atoms with E-state index in [1.54, 1.807) is 6.92 Å². The van der Waals surface area contributed by atoms with Crippen LogP contribution in [0.2, 0.25) is 0 Å². The molecule has 2 saturated heterocycles. The number of carbonyl (C=O) groups excluding carboxylic acids is 1. The van der Waals surface area contributed by atoms with Gasteiger partial charge in [-0.15, -0.1) is 0 Å². The molecule has 0 radical (unpaired) electrons. The van der Waals surface area contributed by atoms with Crippen LogP contribution in [-0.4, -0.2) is 61.6 Å². The maximum absolute atomic E-state index is 12.1. The lowest BCUT2D eigenvalue weighted by Gasteiger charge is -2.55. The van der Waals surface area contributed by atoms with Crippen molar-refractivity contribution < 1.29 is 9.90 Å². The fraction of sp³-hybridized carbons (Fsp3) is 0.778. The summed E-state index contributed by atoms with van der Waals surface area (Å²) in [6.07, 6.45) is 6.16. The third-order valence-corrected chi connectivity index (χ3v) is 6.23. The molecule has 1 amide bonds. The van der Waals surface area contributed by atoms with Crippen molar-refractivity contribution in [3.8, 4) is 0 Å². The number of nitrogens with zero attached hydrogens (tertiary/aromatic N) is 4. The van der Waals surface area contributed by atoms with E-state index < -0.39 is 11.6 Å². The first-order valence-electron chi connectivity index (χ1n) is 8.87. The van der Waals surface area contributed by atoms with Gasteiger partial charge in [-0.25, -0.2) is 4.98 Å². The van der Waals surface area contributed by atoms with E-state index in [0.29, 0.717) is 0 Å². The summed E-state index contributed by atoms with van der Waals surface area (Å²) in [5.74, 6) is 0.0652. The van der Waals surface area contributed by atoms with Gasteiger partial charge in [0, 0.05) is 33.3 Å².